The predicted octanol–water partition coefficient (Wildman–Crippen LogP) is 3.64. The van der Waals surface area contributed by atoms with E-state index < -0.39 is 5.97 Å². The Bertz CT molecular complexity index is 1550. The summed E-state index contributed by atoms with van der Waals surface area (Å²) >= 11 is 7.73. The van der Waals surface area contributed by atoms with Crippen molar-refractivity contribution in [2.75, 3.05) is 18.8 Å². The zero-order chi connectivity index (χ0) is 29.3. The van der Waals surface area contributed by atoms with Gasteiger partial charge in [-0.1, -0.05) is 54.1 Å². The first-order chi connectivity index (χ1) is 20.5. The molecule has 1 amide bonds. The number of aromatic nitrogens is 1. The summed E-state index contributed by atoms with van der Waals surface area (Å²) in [5, 5.41) is 12.8. The Morgan fingerprint density at radius 2 is 1.77 bits per heavy atom. The summed E-state index contributed by atoms with van der Waals surface area (Å²) in [5.74, 6) is 0.203. The minimum Gasteiger partial charge on any atom is -0.550 e. The number of aliphatic carboxylic acids is 1. The summed E-state index contributed by atoms with van der Waals surface area (Å²) in [5.41, 5.74) is 4.45. The van der Waals surface area contributed by atoms with E-state index in [2.05, 4.69) is 4.98 Å². The molecule has 1 aliphatic rings. The number of carboxylic acid groups (broad SMARTS) is 1. The molecule has 218 valence electrons. The number of amides is 1. The van der Waals surface area contributed by atoms with Crippen LogP contribution in [0, 0.1) is 0 Å². The first kappa shape index (κ1) is 33.3. The fraction of sp³-hybridized carbons (Fsp3) is 0.324. The molecular formula is C34H34ClN2NaO4S. The summed E-state index contributed by atoms with van der Waals surface area (Å²) in [6, 6.07) is 25.4. The molecule has 0 bridgehead atoms. The molecule has 43 heavy (non-hydrogen) atoms. The third-order valence-corrected chi connectivity index (χ3v) is 9.11. The summed E-state index contributed by atoms with van der Waals surface area (Å²) in [6.45, 7) is 1.93. The molecule has 1 fully saturated rings. The number of aryl methyl sites for hydroxylation is 1. The number of likely N-dealkylation sites (tertiary alicyclic amines) is 1. The second kappa shape index (κ2) is 16.5. The van der Waals surface area contributed by atoms with Crippen LogP contribution in [0.3, 0.4) is 0 Å². The zero-order valence-electron chi connectivity index (χ0n) is 24.5. The number of benzene rings is 3. The number of carboxylic acids is 1. The fourth-order valence-electron chi connectivity index (χ4n) is 5.31. The summed E-state index contributed by atoms with van der Waals surface area (Å²) in [4.78, 5) is 31.1. The normalized spacial score (nSPS) is 13.7. The van der Waals surface area contributed by atoms with Gasteiger partial charge in [-0.25, -0.2) is 4.98 Å². The number of thioether (sulfide) groups is 1. The quantitative estimate of drug-likeness (QED) is 0.224. The van der Waals surface area contributed by atoms with Crippen LogP contribution >= 0.6 is 23.4 Å². The standard InChI is InChI=1S/C34H35ClN2O4S.Na/c35-27-14-11-25-12-15-28(36-31(25)22-27)23-41-29-9-6-8-26(21-29)32(42-20-17-33(38)39)16-13-24-7-2-3-10-30(24)34(40)37-18-4-1-5-19-37;/h2-3,6-12,14-15,21-22,32H,1,4-5,13,16-20,23H2,(H,38,39);/q;+1/p-1. The van der Waals surface area contributed by atoms with Gasteiger partial charge in [-0.3, -0.25) is 4.79 Å². The van der Waals surface area contributed by atoms with Gasteiger partial charge in [-0.15, -0.1) is 0 Å². The largest absolute Gasteiger partial charge is 1.00 e. The second-order valence-corrected chi connectivity index (χ2v) is 12.3. The maximum Gasteiger partial charge on any atom is 1.00 e. The van der Waals surface area contributed by atoms with Crippen molar-refractivity contribution >= 4 is 46.1 Å². The third-order valence-electron chi connectivity index (χ3n) is 7.52. The van der Waals surface area contributed by atoms with E-state index in [0.29, 0.717) is 29.6 Å². The Hall–Kier alpha value is -2.55. The molecule has 0 saturated carbocycles. The monoisotopic (exact) mass is 624 g/mol. The van der Waals surface area contributed by atoms with Gasteiger partial charge in [0.1, 0.15) is 12.4 Å². The van der Waals surface area contributed by atoms with Gasteiger partial charge in [-0.05, 0) is 91.8 Å². The van der Waals surface area contributed by atoms with Crippen LogP contribution in [-0.4, -0.2) is 40.6 Å². The average Bonchev–Trinajstić information content (AvgIpc) is 3.01. The summed E-state index contributed by atoms with van der Waals surface area (Å²) in [7, 11) is 0. The number of fused-ring (bicyclic) bond motifs is 1. The molecule has 1 aliphatic heterocycles. The summed E-state index contributed by atoms with van der Waals surface area (Å²) < 4.78 is 6.13. The molecule has 1 atom stereocenters. The van der Waals surface area contributed by atoms with E-state index in [-0.39, 0.29) is 47.1 Å². The van der Waals surface area contributed by atoms with Crippen molar-refractivity contribution in [1.29, 1.82) is 0 Å². The first-order valence-electron chi connectivity index (χ1n) is 14.4. The van der Waals surface area contributed by atoms with Crippen LogP contribution in [0.4, 0.5) is 0 Å². The number of hydrogen-bond donors (Lipinski definition) is 0. The van der Waals surface area contributed by atoms with Gasteiger partial charge < -0.3 is 19.5 Å². The van der Waals surface area contributed by atoms with Crippen molar-refractivity contribution < 1.29 is 49.0 Å². The maximum absolute atomic E-state index is 13.3. The molecule has 1 aromatic heterocycles. The van der Waals surface area contributed by atoms with E-state index in [9.17, 15) is 14.7 Å². The number of pyridine rings is 1. The SMILES string of the molecule is O=C([O-])CCSC(CCc1ccccc1C(=O)N1CCCCC1)c1cccc(OCc2ccc3ccc(Cl)cc3n2)c1.[Na+]. The van der Waals surface area contributed by atoms with Crippen LogP contribution in [0.25, 0.3) is 10.9 Å². The van der Waals surface area contributed by atoms with Crippen LogP contribution in [0.1, 0.15) is 64.5 Å². The van der Waals surface area contributed by atoms with Crippen molar-refractivity contribution in [2.45, 2.75) is 50.4 Å². The molecule has 1 saturated heterocycles. The topological polar surface area (TPSA) is 82.6 Å². The molecule has 3 aromatic carbocycles. The van der Waals surface area contributed by atoms with Crippen LogP contribution in [-0.2, 0) is 17.8 Å². The van der Waals surface area contributed by atoms with Gasteiger partial charge >= 0.3 is 29.6 Å². The predicted molar refractivity (Wildman–Crippen MR) is 167 cm³/mol. The third kappa shape index (κ3) is 9.47. The molecule has 2 heterocycles. The van der Waals surface area contributed by atoms with E-state index >= 15 is 0 Å². The average molecular weight is 625 g/mol. The molecular weight excluding hydrogens is 591 g/mol. The number of nitrogens with zero attached hydrogens (tertiary/aromatic N) is 2. The van der Waals surface area contributed by atoms with Crippen molar-refractivity contribution in [1.82, 2.24) is 9.88 Å². The second-order valence-electron chi connectivity index (χ2n) is 10.5. The van der Waals surface area contributed by atoms with Gasteiger partial charge in [0, 0.05) is 40.3 Å². The Morgan fingerprint density at radius 3 is 2.58 bits per heavy atom. The van der Waals surface area contributed by atoms with Gasteiger partial charge in [0.05, 0.1) is 11.2 Å². The van der Waals surface area contributed by atoms with Crippen molar-refractivity contribution in [2.24, 2.45) is 0 Å². The van der Waals surface area contributed by atoms with E-state index in [4.69, 9.17) is 16.3 Å². The number of halogens is 1. The minimum absolute atomic E-state index is 0. The number of carbonyl (C=O) groups excluding carboxylic acids is 2. The summed E-state index contributed by atoms with van der Waals surface area (Å²) in [6.07, 6.45) is 4.71. The van der Waals surface area contributed by atoms with Crippen LogP contribution < -0.4 is 39.4 Å². The molecule has 5 rings (SSSR count). The molecule has 0 aliphatic carbocycles. The Labute approximate surface area is 284 Å². The van der Waals surface area contributed by atoms with E-state index in [0.717, 1.165) is 65.6 Å². The van der Waals surface area contributed by atoms with E-state index in [1.165, 1.54) is 6.42 Å². The van der Waals surface area contributed by atoms with Gasteiger partial charge in [0.15, 0.2) is 0 Å². The van der Waals surface area contributed by atoms with Crippen LogP contribution in [0.15, 0.2) is 78.9 Å². The van der Waals surface area contributed by atoms with Crippen molar-refractivity contribution in [3.63, 3.8) is 0 Å². The Morgan fingerprint density at radius 1 is 0.977 bits per heavy atom. The molecule has 0 radical (unpaired) electrons. The number of carbonyl (C=O) groups is 2. The molecule has 9 heteroatoms. The number of rotatable bonds is 12. The fourth-order valence-corrected chi connectivity index (χ4v) is 6.67. The maximum atomic E-state index is 13.3. The molecule has 0 spiro atoms. The van der Waals surface area contributed by atoms with Crippen LogP contribution in [0.2, 0.25) is 5.02 Å². The van der Waals surface area contributed by atoms with Gasteiger partial charge in [-0.2, -0.15) is 11.8 Å². The first-order valence-corrected chi connectivity index (χ1v) is 15.9. The van der Waals surface area contributed by atoms with E-state index in [1.54, 1.807) is 11.8 Å². The van der Waals surface area contributed by atoms with Gasteiger partial charge in [0.25, 0.3) is 5.91 Å². The minimum atomic E-state index is -1.06. The number of piperidine rings is 1. The number of hydrogen-bond acceptors (Lipinski definition) is 6. The number of ether oxygens (including phenoxy) is 1. The molecule has 1 unspecified atom stereocenters. The Kier molecular flexibility index (Phi) is 12.8. The van der Waals surface area contributed by atoms with Crippen molar-refractivity contribution in [3.8, 4) is 5.75 Å². The Balaban J connectivity index is 0.00000423. The van der Waals surface area contributed by atoms with Crippen LogP contribution in [0.5, 0.6) is 5.75 Å². The molecule has 6 nitrogen and oxygen atoms in total. The molecule has 4 aromatic rings. The smallest absolute Gasteiger partial charge is 0.550 e. The van der Waals surface area contributed by atoms with Crippen molar-refractivity contribution in [3.05, 3.63) is 106 Å². The van der Waals surface area contributed by atoms with E-state index in [1.807, 2.05) is 83.8 Å². The zero-order valence-corrected chi connectivity index (χ0v) is 28.0. The van der Waals surface area contributed by atoms with Gasteiger partial charge in [0.2, 0.25) is 0 Å². The molecule has 0 N–H and O–H groups in total.